The molecule has 2 aromatic heterocycles. The molecule has 3 aromatic rings. The average molecular weight is 1060 g/mol. The van der Waals surface area contributed by atoms with E-state index in [1.54, 1.807) is 20.0 Å². The second-order valence-electron chi connectivity index (χ2n) is 18.6. The van der Waals surface area contributed by atoms with Crippen LogP contribution in [0.25, 0.3) is 10.9 Å². The number of fused-ring (bicyclic) bond motifs is 1. The zero-order chi connectivity index (χ0) is 56.2. The maximum atomic E-state index is 14.5. The molecule has 29 heteroatoms. The third-order valence-electron chi connectivity index (χ3n) is 12.2. The number of aromatic nitrogens is 3. The third kappa shape index (κ3) is 18.4. The fraction of sp³-hybridized carbons (Fsp3) is 0.511. The standard InChI is InChI=1S/C47H69N17O12/c1-23(2)38(45(75)56-21-36(50)66)63-42(72)30(10-6-14-54-47(51)52)59-43(73)32(18-35(49)65)61-39(69)24(3)58-41(71)31(12-13-37(67)68)60-44(74)34-11-7-15-64(34)46(76)33(16-25-19-55-29-9-5-4-8-27(25)29)62-40(70)28(48)17-26-20-53-22-57-26/h4-5,8-9,19-20,22-24,28,30-34,38,55H,6-7,10-18,21,48H2,1-3H3,(H2,49,65)(H2,50,66)(H,53,57)(H,56,75)(H,58,71)(H,59,73)(H,60,74)(H,61,69)(H,62,70)(H,63,72)(H,67,68)(H4,51,52,54)/t24-,28-,30-,31-,32-,33-,34-,38-/m0/s1. The first-order valence-corrected chi connectivity index (χ1v) is 24.5. The quantitative estimate of drug-likeness (QED) is 0.0169. The van der Waals surface area contributed by atoms with E-state index < -0.39 is 145 Å². The van der Waals surface area contributed by atoms with Gasteiger partial charge in [0.15, 0.2) is 5.96 Å². The Kier molecular flexibility index (Phi) is 22.6. The summed E-state index contributed by atoms with van der Waals surface area (Å²) >= 11 is 0. The molecule has 20 N–H and O–H groups in total. The molecule has 0 saturated carbocycles. The van der Waals surface area contributed by atoms with Crippen molar-refractivity contribution in [3.8, 4) is 0 Å². The van der Waals surface area contributed by atoms with Crippen molar-refractivity contribution in [1.29, 1.82) is 0 Å². The number of carboxylic acid groups (broad SMARTS) is 1. The number of nitrogens with zero attached hydrogens (tertiary/aromatic N) is 3. The van der Waals surface area contributed by atoms with Gasteiger partial charge in [-0.25, -0.2) is 4.98 Å². The van der Waals surface area contributed by atoms with Gasteiger partial charge in [0.2, 0.25) is 59.1 Å². The highest BCUT2D eigenvalue weighted by molar-refractivity contribution is 5.99. The lowest BCUT2D eigenvalue weighted by molar-refractivity contribution is -0.142. The number of benzene rings is 1. The topological polar surface area (TPSA) is 482 Å². The van der Waals surface area contributed by atoms with E-state index in [4.69, 9.17) is 28.7 Å². The number of imidazole rings is 1. The maximum Gasteiger partial charge on any atom is 0.303 e. The van der Waals surface area contributed by atoms with Crippen LogP contribution < -0.4 is 65.9 Å². The average Bonchev–Trinajstić information content (AvgIpc) is 4.16. The Morgan fingerprint density at radius 3 is 2.07 bits per heavy atom. The van der Waals surface area contributed by atoms with E-state index in [0.29, 0.717) is 17.7 Å². The second-order valence-corrected chi connectivity index (χ2v) is 18.6. The molecule has 0 spiro atoms. The molecule has 10 amide bonds. The first-order chi connectivity index (χ1) is 35.9. The number of nitrogens with two attached hydrogens (primary N) is 5. The number of primary amides is 2. The number of para-hydroxylation sites is 1. The van der Waals surface area contributed by atoms with Crippen LogP contribution in [0.4, 0.5) is 0 Å². The summed E-state index contributed by atoms with van der Waals surface area (Å²) in [6.07, 6.45) is 3.27. The SMILES string of the molecule is CC(C)[C@H](NC(=O)[C@H](CCCN=C(N)N)NC(=O)[C@H](CC(N)=O)NC(=O)[C@H](C)NC(=O)[C@H](CCC(=O)O)NC(=O)[C@@H]1CCCN1C(=O)[C@H](Cc1c[nH]c2ccccc12)NC(=O)[C@@H](N)Cc1cnc[nH]1)C(=O)NCC(N)=O. The molecule has 0 unspecified atom stereocenters. The smallest absolute Gasteiger partial charge is 0.303 e. The number of rotatable bonds is 30. The molecule has 0 radical (unpaired) electrons. The third-order valence-corrected chi connectivity index (χ3v) is 12.2. The van der Waals surface area contributed by atoms with E-state index >= 15 is 0 Å². The van der Waals surface area contributed by atoms with Crippen LogP contribution in [-0.2, 0) is 65.6 Å². The Morgan fingerprint density at radius 1 is 0.763 bits per heavy atom. The van der Waals surface area contributed by atoms with Crippen LogP contribution in [0, 0.1) is 5.92 Å². The number of carbonyl (C=O) groups excluding carboxylic acids is 10. The van der Waals surface area contributed by atoms with Gasteiger partial charge in [-0.2, -0.15) is 0 Å². The van der Waals surface area contributed by atoms with Crippen LogP contribution in [0.5, 0.6) is 0 Å². The predicted molar refractivity (Wildman–Crippen MR) is 272 cm³/mol. The van der Waals surface area contributed by atoms with E-state index in [1.165, 1.54) is 24.3 Å². The van der Waals surface area contributed by atoms with Crippen LogP contribution in [0.15, 0.2) is 48.0 Å². The molecule has 1 aliphatic rings. The lowest BCUT2D eigenvalue weighted by Crippen LogP contribution is -2.60. The Hall–Kier alpha value is -8.63. The summed E-state index contributed by atoms with van der Waals surface area (Å²) < 4.78 is 0. The summed E-state index contributed by atoms with van der Waals surface area (Å²) in [5.74, 6) is -10.9. The first-order valence-electron chi connectivity index (χ1n) is 24.5. The van der Waals surface area contributed by atoms with Crippen LogP contribution in [-0.4, -0.2) is 164 Å². The Morgan fingerprint density at radius 2 is 1.42 bits per heavy atom. The summed E-state index contributed by atoms with van der Waals surface area (Å²) in [6, 6.07) is -3.67. The fourth-order valence-electron chi connectivity index (χ4n) is 8.24. The van der Waals surface area contributed by atoms with Gasteiger partial charge in [-0.3, -0.25) is 57.7 Å². The van der Waals surface area contributed by atoms with Crippen molar-refractivity contribution in [3.63, 3.8) is 0 Å². The number of aliphatic carboxylic acids is 1. The van der Waals surface area contributed by atoms with Gasteiger partial charge >= 0.3 is 5.97 Å². The minimum atomic E-state index is -1.75. The molecule has 29 nitrogen and oxygen atoms in total. The Bertz CT molecular complexity index is 2600. The number of likely N-dealkylation sites (tertiary alicyclic amines) is 1. The number of aliphatic imine (C=N–C) groups is 1. The summed E-state index contributed by atoms with van der Waals surface area (Å²) in [4.78, 5) is 160. The second kappa shape index (κ2) is 28.7. The molecule has 4 rings (SSSR count). The molecule has 3 heterocycles. The summed E-state index contributed by atoms with van der Waals surface area (Å²) in [5, 5.41) is 27.6. The van der Waals surface area contributed by atoms with E-state index in [-0.39, 0.29) is 51.2 Å². The number of hydrogen-bond acceptors (Lipinski definition) is 14. The lowest BCUT2D eigenvalue weighted by Gasteiger charge is -2.30. The number of hydrogen-bond donors (Lipinski definition) is 15. The number of aromatic amines is 2. The molecular formula is C47H69N17O12. The van der Waals surface area contributed by atoms with E-state index in [9.17, 15) is 57.8 Å². The van der Waals surface area contributed by atoms with Gasteiger partial charge < -0.3 is 85.9 Å². The van der Waals surface area contributed by atoms with Crippen LogP contribution in [0.2, 0.25) is 0 Å². The van der Waals surface area contributed by atoms with Crippen molar-refractivity contribution >= 4 is 81.9 Å². The highest BCUT2D eigenvalue weighted by atomic mass is 16.4. The molecule has 76 heavy (non-hydrogen) atoms. The largest absolute Gasteiger partial charge is 0.481 e. The molecule has 0 bridgehead atoms. The van der Waals surface area contributed by atoms with Gasteiger partial charge in [-0.1, -0.05) is 32.0 Å². The molecule has 1 aliphatic heterocycles. The number of H-pyrrole nitrogens is 2. The number of carboxylic acids is 1. The normalized spacial score (nSPS) is 15.9. The molecular weight excluding hydrogens is 995 g/mol. The molecule has 8 atom stereocenters. The van der Waals surface area contributed by atoms with Crippen molar-refractivity contribution < 1.29 is 57.8 Å². The van der Waals surface area contributed by atoms with E-state index in [0.717, 1.165) is 10.9 Å². The monoisotopic (exact) mass is 1060 g/mol. The van der Waals surface area contributed by atoms with Crippen LogP contribution in [0.1, 0.15) is 77.0 Å². The molecule has 1 aromatic carbocycles. The highest BCUT2D eigenvalue weighted by Crippen LogP contribution is 2.23. The van der Waals surface area contributed by atoms with Crippen molar-refractivity contribution in [3.05, 3.63) is 54.2 Å². The van der Waals surface area contributed by atoms with Crippen molar-refractivity contribution in [2.24, 2.45) is 39.6 Å². The van der Waals surface area contributed by atoms with Crippen molar-refractivity contribution in [2.75, 3.05) is 19.6 Å². The van der Waals surface area contributed by atoms with Gasteiger partial charge in [-0.05, 0) is 56.6 Å². The number of nitrogens with one attached hydrogen (secondary N) is 9. The molecule has 414 valence electrons. The van der Waals surface area contributed by atoms with E-state index in [2.05, 4.69) is 57.2 Å². The predicted octanol–water partition coefficient (Wildman–Crippen LogP) is -5.03. The Balaban J connectivity index is 1.49. The molecule has 0 aliphatic carbocycles. The van der Waals surface area contributed by atoms with Crippen LogP contribution >= 0.6 is 0 Å². The highest BCUT2D eigenvalue weighted by Gasteiger charge is 2.40. The lowest BCUT2D eigenvalue weighted by atomic mass is 10.0. The van der Waals surface area contributed by atoms with Crippen molar-refractivity contribution in [2.45, 2.75) is 127 Å². The fourth-order valence-corrected chi connectivity index (χ4v) is 8.24. The number of carbonyl (C=O) groups is 11. The zero-order valence-electron chi connectivity index (χ0n) is 42.4. The summed E-state index contributed by atoms with van der Waals surface area (Å²) in [5.41, 5.74) is 29.7. The Labute approximate surface area is 436 Å². The molecule has 1 fully saturated rings. The number of amides is 10. The molecule has 1 saturated heterocycles. The first kappa shape index (κ1) is 59.9. The minimum Gasteiger partial charge on any atom is -0.481 e. The van der Waals surface area contributed by atoms with Gasteiger partial charge in [-0.15, -0.1) is 0 Å². The van der Waals surface area contributed by atoms with Gasteiger partial charge in [0, 0.05) is 61.3 Å². The van der Waals surface area contributed by atoms with Gasteiger partial charge in [0.25, 0.3) is 0 Å². The van der Waals surface area contributed by atoms with Gasteiger partial charge in [0.05, 0.1) is 25.3 Å². The minimum absolute atomic E-state index is 0.00201. The summed E-state index contributed by atoms with van der Waals surface area (Å²) in [6.45, 7) is 3.97. The summed E-state index contributed by atoms with van der Waals surface area (Å²) in [7, 11) is 0. The van der Waals surface area contributed by atoms with Crippen LogP contribution in [0.3, 0.4) is 0 Å². The van der Waals surface area contributed by atoms with E-state index in [1.807, 2.05) is 24.3 Å². The zero-order valence-corrected chi connectivity index (χ0v) is 42.4. The number of guanidine groups is 1. The van der Waals surface area contributed by atoms with Crippen molar-refractivity contribution in [1.82, 2.24) is 57.1 Å². The maximum absolute atomic E-state index is 14.5. The van der Waals surface area contributed by atoms with Gasteiger partial charge in [0.1, 0.15) is 42.3 Å².